The summed E-state index contributed by atoms with van der Waals surface area (Å²) in [5.41, 5.74) is 6.59. The Balaban J connectivity index is 2.03. The largest absolute Gasteiger partial charge is 0.329 e. The summed E-state index contributed by atoms with van der Waals surface area (Å²) in [6, 6.07) is 0. The van der Waals surface area contributed by atoms with Crippen molar-refractivity contribution in [2.45, 2.75) is 76.7 Å². The van der Waals surface area contributed by atoms with E-state index in [9.17, 15) is 0 Å². The third-order valence-corrected chi connectivity index (χ3v) is 5.43. The number of rotatable bonds is 3. The lowest BCUT2D eigenvalue weighted by atomic mass is 9.80. The van der Waals surface area contributed by atoms with Crippen molar-refractivity contribution in [2.75, 3.05) is 19.6 Å². The smallest absolute Gasteiger partial charge is 0.0331 e. The van der Waals surface area contributed by atoms with Gasteiger partial charge in [-0.1, -0.05) is 45.4 Å². The van der Waals surface area contributed by atoms with Gasteiger partial charge in [-0.3, -0.25) is 4.90 Å². The van der Waals surface area contributed by atoms with Gasteiger partial charge in [0.1, 0.15) is 0 Å². The highest BCUT2D eigenvalue weighted by atomic mass is 15.2. The van der Waals surface area contributed by atoms with Crippen LogP contribution in [0.1, 0.15) is 71.1 Å². The first kappa shape index (κ1) is 14.3. The van der Waals surface area contributed by atoms with E-state index in [1.54, 1.807) is 0 Å². The molecule has 0 aromatic carbocycles. The number of nitrogens with two attached hydrogens (primary N) is 1. The molecule has 0 radical (unpaired) electrons. The van der Waals surface area contributed by atoms with Crippen LogP contribution in [-0.2, 0) is 0 Å². The minimum absolute atomic E-state index is 0.355. The van der Waals surface area contributed by atoms with Gasteiger partial charge in [0.25, 0.3) is 0 Å². The minimum Gasteiger partial charge on any atom is -0.329 e. The second-order valence-corrected chi connectivity index (χ2v) is 6.56. The Bertz CT molecular complexity index is 231. The van der Waals surface area contributed by atoms with Crippen molar-refractivity contribution in [3.63, 3.8) is 0 Å². The first-order valence-corrected chi connectivity index (χ1v) is 8.26. The van der Waals surface area contributed by atoms with Crippen LogP contribution in [-0.4, -0.2) is 30.1 Å². The number of piperidine rings is 1. The molecule has 1 unspecified atom stereocenters. The van der Waals surface area contributed by atoms with Crippen LogP contribution >= 0.6 is 0 Å². The van der Waals surface area contributed by atoms with Crippen molar-refractivity contribution in [1.82, 2.24) is 4.90 Å². The number of hydrogen-bond acceptors (Lipinski definition) is 2. The van der Waals surface area contributed by atoms with E-state index in [0.29, 0.717) is 5.54 Å². The average Bonchev–Trinajstić information content (AvgIpc) is 2.39. The molecule has 1 saturated carbocycles. The number of hydrogen-bond donors (Lipinski definition) is 1. The van der Waals surface area contributed by atoms with Crippen molar-refractivity contribution in [1.29, 1.82) is 0 Å². The summed E-state index contributed by atoms with van der Waals surface area (Å²) < 4.78 is 0. The van der Waals surface area contributed by atoms with Gasteiger partial charge in [0, 0.05) is 18.6 Å². The Morgan fingerprint density at radius 2 is 1.72 bits per heavy atom. The van der Waals surface area contributed by atoms with Crippen LogP contribution in [0.5, 0.6) is 0 Å². The molecule has 2 heteroatoms. The maximum atomic E-state index is 6.23. The molecule has 2 aliphatic rings. The van der Waals surface area contributed by atoms with Crippen LogP contribution < -0.4 is 5.73 Å². The summed E-state index contributed by atoms with van der Waals surface area (Å²) in [7, 11) is 0. The van der Waals surface area contributed by atoms with Crippen molar-refractivity contribution in [3.05, 3.63) is 0 Å². The molecule has 0 bridgehead atoms. The lowest BCUT2D eigenvalue weighted by Gasteiger charge is -2.48. The van der Waals surface area contributed by atoms with E-state index in [1.807, 2.05) is 0 Å². The van der Waals surface area contributed by atoms with Crippen LogP contribution in [0.2, 0.25) is 0 Å². The van der Waals surface area contributed by atoms with Crippen molar-refractivity contribution in [3.8, 4) is 0 Å². The molecular weight excluding hydrogens is 220 g/mol. The molecule has 2 rings (SSSR count). The Morgan fingerprint density at radius 1 is 1.06 bits per heavy atom. The average molecular weight is 252 g/mol. The summed E-state index contributed by atoms with van der Waals surface area (Å²) in [6.07, 6.45) is 13.9. The summed E-state index contributed by atoms with van der Waals surface area (Å²) in [5.74, 6) is 0.924. The maximum Gasteiger partial charge on any atom is 0.0331 e. The highest BCUT2D eigenvalue weighted by molar-refractivity contribution is 4.94. The van der Waals surface area contributed by atoms with Gasteiger partial charge >= 0.3 is 0 Å². The van der Waals surface area contributed by atoms with Crippen molar-refractivity contribution < 1.29 is 0 Å². The standard InChI is InChI=1S/C16H32N2/c1-2-15-9-8-12-18(13-15)16(14-17)10-6-4-3-5-7-11-16/h15H,2-14,17H2,1H3. The normalized spacial score (nSPS) is 30.7. The summed E-state index contributed by atoms with van der Waals surface area (Å²) in [4.78, 5) is 2.79. The molecule has 2 fully saturated rings. The van der Waals surface area contributed by atoms with Gasteiger partial charge in [-0.15, -0.1) is 0 Å². The molecule has 1 aliphatic heterocycles. The van der Waals surface area contributed by atoms with E-state index in [4.69, 9.17) is 5.73 Å². The van der Waals surface area contributed by atoms with Gasteiger partial charge in [0.15, 0.2) is 0 Å². The second-order valence-electron chi connectivity index (χ2n) is 6.56. The second kappa shape index (κ2) is 6.91. The fourth-order valence-corrected chi connectivity index (χ4v) is 4.04. The van der Waals surface area contributed by atoms with Gasteiger partial charge < -0.3 is 5.73 Å². The van der Waals surface area contributed by atoms with Gasteiger partial charge in [-0.25, -0.2) is 0 Å². The molecule has 2 N–H and O–H groups in total. The minimum atomic E-state index is 0.355. The predicted octanol–water partition coefficient (Wildman–Crippen LogP) is 3.55. The molecule has 0 aromatic rings. The van der Waals surface area contributed by atoms with Gasteiger partial charge in [-0.2, -0.15) is 0 Å². The highest BCUT2D eigenvalue weighted by Gasteiger charge is 2.37. The molecule has 0 spiro atoms. The molecule has 1 aliphatic carbocycles. The highest BCUT2D eigenvalue weighted by Crippen LogP contribution is 2.34. The molecule has 1 atom stereocenters. The zero-order chi connectivity index (χ0) is 12.8. The van der Waals surface area contributed by atoms with E-state index in [2.05, 4.69) is 11.8 Å². The van der Waals surface area contributed by atoms with Gasteiger partial charge in [0.2, 0.25) is 0 Å². The molecule has 18 heavy (non-hydrogen) atoms. The molecule has 2 nitrogen and oxygen atoms in total. The van der Waals surface area contributed by atoms with Gasteiger partial charge in [0.05, 0.1) is 0 Å². The predicted molar refractivity (Wildman–Crippen MR) is 78.7 cm³/mol. The molecular formula is C16H32N2. The first-order valence-electron chi connectivity index (χ1n) is 8.26. The maximum absolute atomic E-state index is 6.23. The monoisotopic (exact) mass is 252 g/mol. The number of likely N-dealkylation sites (tertiary alicyclic amines) is 1. The Hall–Kier alpha value is -0.0800. The third kappa shape index (κ3) is 3.27. The van der Waals surface area contributed by atoms with E-state index < -0.39 is 0 Å². The lowest BCUT2D eigenvalue weighted by molar-refractivity contribution is 0.0270. The van der Waals surface area contributed by atoms with Crippen molar-refractivity contribution in [2.24, 2.45) is 11.7 Å². The van der Waals surface area contributed by atoms with E-state index in [0.717, 1.165) is 12.5 Å². The van der Waals surface area contributed by atoms with E-state index in [1.165, 1.54) is 77.3 Å². The van der Waals surface area contributed by atoms with E-state index in [-0.39, 0.29) is 0 Å². The van der Waals surface area contributed by atoms with Crippen LogP contribution in [0, 0.1) is 5.92 Å². The Kier molecular flexibility index (Phi) is 5.50. The van der Waals surface area contributed by atoms with Gasteiger partial charge in [-0.05, 0) is 38.1 Å². The van der Waals surface area contributed by atoms with Crippen LogP contribution in [0.25, 0.3) is 0 Å². The molecule has 1 saturated heterocycles. The summed E-state index contributed by atoms with van der Waals surface area (Å²) in [5, 5.41) is 0. The Labute approximate surface area is 113 Å². The first-order chi connectivity index (χ1) is 8.80. The molecule has 0 aromatic heterocycles. The molecule has 106 valence electrons. The summed E-state index contributed by atoms with van der Waals surface area (Å²) in [6.45, 7) is 5.84. The quantitative estimate of drug-likeness (QED) is 0.832. The lowest BCUT2D eigenvalue weighted by Crippen LogP contribution is -2.57. The van der Waals surface area contributed by atoms with Crippen LogP contribution in [0.3, 0.4) is 0 Å². The fourth-order valence-electron chi connectivity index (χ4n) is 4.04. The van der Waals surface area contributed by atoms with Crippen LogP contribution in [0.4, 0.5) is 0 Å². The zero-order valence-corrected chi connectivity index (χ0v) is 12.3. The molecule has 0 amide bonds. The molecule has 1 heterocycles. The number of nitrogens with zero attached hydrogens (tertiary/aromatic N) is 1. The Morgan fingerprint density at radius 3 is 2.33 bits per heavy atom. The van der Waals surface area contributed by atoms with Crippen molar-refractivity contribution >= 4 is 0 Å². The van der Waals surface area contributed by atoms with E-state index >= 15 is 0 Å². The topological polar surface area (TPSA) is 29.3 Å². The zero-order valence-electron chi connectivity index (χ0n) is 12.3. The SMILES string of the molecule is CCC1CCCN(C2(CN)CCCCCCC2)C1. The third-order valence-electron chi connectivity index (χ3n) is 5.43. The fraction of sp³-hybridized carbons (Fsp3) is 1.00. The summed E-state index contributed by atoms with van der Waals surface area (Å²) >= 11 is 0. The van der Waals surface area contributed by atoms with Crippen LogP contribution in [0.15, 0.2) is 0 Å².